The van der Waals surface area contributed by atoms with E-state index in [9.17, 15) is 10.1 Å². The number of non-ortho nitro benzene ring substituents is 1. The molecule has 0 unspecified atom stereocenters. The Morgan fingerprint density at radius 1 is 1.42 bits per heavy atom. The molecule has 0 spiro atoms. The summed E-state index contributed by atoms with van der Waals surface area (Å²) in [5, 5.41) is 18.6. The van der Waals surface area contributed by atoms with Crippen molar-refractivity contribution in [3.63, 3.8) is 0 Å². The van der Waals surface area contributed by atoms with Crippen LogP contribution in [0.5, 0.6) is 0 Å². The topological polar surface area (TPSA) is 66.9 Å². The van der Waals surface area contributed by atoms with Crippen molar-refractivity contribution in [3.05, 3.63) is 34.4 Å². The maximum atomic E-state index is 10.2. The molecule has 0 saturated heterocycles. The molecule has 0 heterocycles. The number of nitro groups is 1. The van der Waals surface area contributed by atoms with Crippen LogP contribution in [-0.2, 0) is 0 Å². The Hall–Kier alpha value is -1.37. The summed E-state index contributed by atoms with van der Waals surface area (Å²) in [5.41, 5.74) is 0.0625. The second-order valence-corrected chi connectivity index (χ2v) is 3.74. The Morgan fingerprint density at radius 2 is 2.00 bits per heavy atom. The monoisotopic (exact) mass is 228 g/mol. The van der Waals surface area contributed by atoms with Crippen molar-refractivity contribution in [3.8, 4) is 4.97 Å². The molecule has 0 radical (unpaired) electrons. The van der Waals surface area contributed by atoms with Gasteiger partial charge in [0.1, 0.15) is 0 Å². The van der Waals surface area contributed by atoms with Crippen molar-refractivity contribution in [2.24, 2.45) is 0 Å². The zero-order chi connectivity index (χ0) is 8.97. The summed E-state index contributed by atoms with van der Waals surface area (Å²) >= 11 is -0.227. The molecule has 5 heteroatoms. The first-order chi connectivity index (χ1) is 5.74. The van der Waals surface area contributed by atoms with Crippen LogP contribution < -0.4 is 4.46 Å². The predicted octanol–water partition coefficient (Wildman–Crippen LogP) is 0.405. The summed E-state index contributed by atoms with van der Waals surface area (Å²) in [7, 11) is 0. The van der Waals surface area contributed by atoms with E-state index in [1.807, 2.05) is 4.97 Å². The molecular formula is C7H4N2O2Se. The molecule has 0 N–H and O–H groups in total. The molecule has 4 nitrogen and oxygen atoms in total. The third kappa shape index (κ3) is 2.06. The molecule has 0 aliphatic rings. The number of rotatable bonds is 2. The van der Waals surface area contributed by atoms with Crippen molar-refractivity contribution >= 4 is 25.1 Å². The van der Waals surface area contributed by atoms with Crippen LogP contribution in [0.25, 0.3) is 0 Å². The molecule has 12 heavy (non-hydrogen) atoms. The molecule has 0 amide bonds. The Kier molecular flexibility index (Phi) is 2.81. The first-order valence-corrected chi connectivity index (χ1v) is 4.76. The van der Waals surface area contributed by atoms with E-state index in [0.29, 0.717) is 0 Å². The molecule has 0 fully saturated rings. The molecule has 1 aromatic rings. The van der Waals surface area contributed by atoms with Crippen molar-refractivity contribution in [1.82, 2.24) is 0 Å². The fraction of sp³-hybridized carbons (Fsp3) is 0. The molecule has 0 saturated carbocycles. The SMILES string of the molecule is N#C[Se]c1ccc([N+](=O)[O-])cc1. The normalized spacial score (nSPS) is 8.92. The van der Waals surface area contributed by atoms with E-state index in [-0.39, 0.29) is 20.6 Å². The van der Waals surface area contributed by atoms with Crippen LogP contribution in [0.2, 0.25) is 0 Å². The number of nitriles is 1. The van der Waals surface area contributed by atoms with Gasteiger partial charge in [-0.1, -0.05) is 0 Å². The summed E-state index contributed by atoms with van der Waals surface area (Å²) in [6, 6.07) is 6.05. The van der Waals surface area contributed by atoms with Gasteiger partial charge in [-0.25, -0.2) is 0 Å². The molecule has 0 aromatic heterocycles. The summed E-state index contributed by atoms with van der Waals surface area (Å²) in [6.45, 7) is 0. The van der Waals surface area contributed by atoms with Gasteiger partial charge in [0, 0.05) is 0 Å². The average Bonchev–Trinajstić information content (AvgIpc) is 2.06. The first kappa shape index (κ1) is 8.72. The molecule has 60 valence electrons. The van der Waals surface area contributed by atoms with Gasteiger partial charge in [-0.2, -0.15) is 0 Å². The Labute approximate surface area is 75.1 Å². The third-order valence-electron chi connectivity index (χ3n) is 1.21. The summed E-state index contributed by atoms with van der Waals surface area (Å²) in [6.07, 6.45) is 0. The van der Waals surface area contributed by atoms with E-state index < -0.39 is 4.92 Å². The zero-order valence-electron chi connectivity index (χ0n) is 5.93. The second kappa shape index (κ2) is 3.86. The van der Waals surface area contributed by atoms with Crippen molar-refractivity contribution in [2.75, 3.05) is 0 Å². The summed E-state index contributed by atoms with van der Waals surface area (Å²) < 4.78 is 0.857. The van der Waals surface area contributed by atoms with Crippen LogP contribution in [0.15, 0.2) is 24.3 Å². The number of benzene rings is 1. The Morgan fingerprint density at radius 3 is 2.42 bits per heavy atom. The fourth-order valence-electron chi connectivity index (χ4n) is 0.689. The predicted molar refractivity (Wildman–Crippen MR) is 44.1 cm³/mol. The summed E-state index contributed by atoms with van der Waals surface area (Å²) in [4.78, 5) is 11.8. The van der Waals surface area contributed by atoms with E-state index in [4.69, 9.17) is 5.26 Å². The third-order valence-corrected chi connectivity index (χ3v) is 2.47. The Balaban J connectivity index is 2.87. The van der Waals surface area contributed by atoms with Crippen molar-refractivity contribution < 1.29 is 4.92 Å². The van der Waals surface area contributed by atoms with Crippen LogP contribution in [0.3, 0.4) is 0 Å². The van der Waals surface area contributed by atoms with Crippen LogP contribution in [0, 0.1) is 20.3 Å². The van der Waals surface area contributed by atoms with Gasteiger partial charge in [-0.05, 0) is 0 Å². The molecule has 1 rings (SSSR count). The number of hydrogen-bond acceptors (Lipinski definition) is 3. The molecule has 0 atom stereocenters. The molecular weight excluding hydrogens is 223 g/mol. The van der Waals surface area contributed by atoms with Crippen LogP contribution in [0.4, 0.5) is 5.69 Å². The van der Waals surface area contributed by atoms with Crippen molar-refractivity contribution in [2.45, 2.75) is 0 Å². The van der Waals surface area contributed by atoms with Crippen LogP contribution >= 0.6 is 0 Å². The summed E-state index contributed by atoms with van der Waals surface area (Å²) in [5.74, 6) is 0. The second-order valence-electron chi connectivity index (χ2n) is 1.94. The quantitative estimate of drug-likeness (QED) is 0.417. The first-order valence-electron chi connectivity index (χ1n) is 3.04. The molecule has 0 bridgehead atoms. The van der Waals surface area contributed by atoms with Gasteiger partial charge in [0.15, 0.2) is 0 Å². The van der Waals surface area contributed by atoms with Crippen LogP contribution in [-0.4, -0.2) is 19.9 Å². The van der Waals surface area contributed by atoms with Gasteiger partial charge in [0.25, 0.3) is 0 Å². The molecule has 0 aliphatic carbocycles. The Bertz CT molecular complexity index is 328. The van der Waals surface area contributed by atoms with Gasteiger partial charge >= 0.3 is 74.6 Å². The number of hydrogen-bond donors (Lipinski definition) is 0. The number of nitro benzene ring substituents is 1. The van der Waals surface area contributed by atoms with Crippen molar-refractivity contribution in [1.29, 1.82) is 5.26 Å². The van der Waals surface area contributed by atoms with E-state index in [1.54, 1.807) is 12.1 Å². The zero-order valence-corrected chi connectivity index (χ0v) is 7.64. The molecule has 0 aliphatic heterocycles. The van der Waals surface area contributed by atoms with Gasteiger partial charge in [0.2, 0.25) is 0 Å². The van der Waals surface area contributed by atoms with E-state index in [1.165, 1.54) is 12.1 Å². The van der Waals surface area contributed by atoms with E-state index in [2.05, 4.69) is 0 Å². The molecule has 1 aromatic carbocycles. The standard InChI is InChI=1S/C7H4N2O2Se/c8-5-12-7-3-1-6(2-4-7)9(10)11/h1-4H. The number of nitrogens with zero attached hydrogens (tertiary/aromatic N) is 2. The van der Waals surface area contributed by atoms with Gasteiger partial charge in [-0.15, -0.1) is 0 Å². The average molecular weight is 227 g/mol. The van der Waals surface area contributed by atoms with E-state index in [0.717, 1.165) is 4.46 Å². The van der Waals surface area contributed by atoms with E-state index >= 15 is 0 Å². The minimum atomic E-state index is -0.455. The van der Waals surface area contributed by atoms with Gasteiger partial charge < -0.3 is 0 Å². The van der Waals surface area contributed by atoms with Gasteiger partial charge in [-0.3, -0.25) is 0 Å². The fourth-order valence-corrected chi connectivity index (χ4v) is 1.48. The maximum absolute atomic E-state index is 10.2. The van der Waals surface area contributed by atoms with Crippen LogP contribution in [0.1, 0.15) is 0 Å². The van der Waals surface area contributed by atoms with Gasteiger partial charge in [0.05, 0.1) is 0 Å². The minimum absolute atomic E-state index is 0.0625.